The number of fused-ring (bicyclic) bond motifs is 1. The van der Waals surface area contributed by atoms with Gasteiger partial charge in [0, 0.05) is 28.8 Å². The Morgan fingerprint density at radius 3 is 2.95 bits per heavy atom. The monoisotopic (exact) mass is 319 g/mol. The van der Waals surface area contributed by atoms with Gasteiger partial charge in [-0.15, -0.1) is 0 Å². The first-order valence-electron chi connectivity index (χ1n) is 6.76. The van der Waals surface area contributed by atoms with Crippen LogP contribution in [0, 0.1) is 6.92 Å². The van der Waals surface area contributed by atoms with E-state index in [0.29, 0.717) is 6.54 Å². The van der Waals surface area contributed by atoms with Crippen LogP contribution in [0.2, 0.25) is 0 Å². The van der Waals surface area contributed by atoms with Crippen molar-refractivity contribution >= 4 is 15.9 Å². The normalized spacial score (nSPS) is 14.5. The summed E-state index contributed by atoms with van der Waals surface area (Å²) in [6.45, 7) is 3.63. The van der Waals surface area contributed by atoms with Crippen molar-refractivity contribution in [2.24, 2.45) is 5.73 Å². The Bertz CT molecular complexity index is 616. The van der Waals surface area contributed by atoms with E-state index in [1.807, 2.05) is 0 Å². The number of hydrogen-bond acceptors (Lipinski definition) is 2. The van der Waals surface area contributed by atoms with Gasteiger partial charge in [-0.25, -0.2) is 0 Å². The number of benzene rings is 1. The van der Waals surface area contributed by atoms with Crippen LogP contribution in [0.3, 0.4) is 0 Å². The Hall–Kier alpha value is -1.13. The zero-order valence-electron chi connectivity index (χ0n) is 11.1. The molecule has 0 aliphatic carbocycles. The Morgan fingerprint density at radius 1 is 1.37 bits per heavy atom. The molecule has 1 aromatic heterocycles. The molecule has 2 N–H and O–H groups in total. The second-order valence-corrected chi connectivity index (χ2v) is 5.97. The van der Waals surface area contributed by atoms with Gasteiger partial charge >= 0.3 is 0 Å². The van der Waals surface area contributed by atoms with Gasteiger partial charge in [-0.2, -0.15) is 5.10 Å². The minimum Gasteiger partial charge on any atom is -0.325 e. The fourth-order valence-electron chi connectivity index (χ4n) is 2.77. The van der Waals surface area contributed by atoms with Gasteiger partial charge in [-0.1, -0.05) is 28.1 Å². The highest BCUT2D eigenvalue weighted by molar-refractivity contribution is 9.10. The summed E-state index contributed by atoms with van der Waals surface area (Å²) < 4.78 is 3.29. The molecule has 0 saturated carbocycles. The highest BCUT2D eigenvalue weighted by Gasteiger charge is 2.20. The van der Waals surface area contributed by atoms with Crippen LogP contribution in [0.25, 0.3) is 11.1 Å². The van der Waals surface area contributed by atoms with Crippen LogP contribution in [0.15, 0.2) is 22.7 Å². The van der Waals surface area contributed by atoms with Crippen LogP contribution in [-0.4, -0.2) is 9.78 Å². The molecule has 0 fully saturated rings. The van der Waals surface area contributed by atoms with E-state index in [2.05, 4.69) is 50.8 Å². The number of nitrogens with zero attached hydrogens (tertiary/aromatic N) is 2. The standard InChI is InChI=1S/C15H18BrN3/c1-10-5-6-11(8-12(10)16)15-13(9-17)18-19-7-3-2-4-14(15)19/h5-6,8H,2-4,7,9,17H2,1H3. The summed E-state index contributed by atoms with van der Waals surface area (Å²) in [6, 6.07) is 6.50. The fraction of sp³-hybridized carbons (Fsp3) is 0.400. The van der Waals surface area contributed by atoms with E-state index in [-0.39, 0.29) is 0 Å². The molecule has 3 rings (SSSR count). The third kappa shape index (κ3) is 2.23. The van der Waals surface area contributed by atoms with E-state index in [1.165, 1.54) is 35.2 Å². The molecule has 0 saturated heterocycles. The maximum atomic E-state index is 5.88. The average molecular weight is 320 g/mol. The predicted molar refractivity (Wildman–Crippen MR) is 80.9 cm³/mol. The summed E-state index contributed by atoms with van der Waals surface area (Å²) in [5, 5.41) is 4.67. The van der Waals surface area contributed by atoms with E-state index in [0.717, 1.165) is 23.1 Å². The molecule has 100 valence electrons. The molecule has 0 unspecified atom stereocenters. The number of aryl methyl sites for hydroxylation is 2. The molecular weight excluding hydrogens is 302 g/mol. The molecule has 1 aromatic carbocycles. The molecular formula is C15H18BrN3. The first-order valence-corrected chi connectivity index (χ1v) is 7.55. The van der Waals surface area contributed by atoms with Gasteiger partial charge in [0.15, 0.2) is 0 Å². The number of nitrogens with two attached hydrogens (primary N) is 1. The largest absolute Gasteiger partial charge is 0.325 e. The highest BCUT2D eigenvalue weighted by Crippen LogP contribution is 2.33. The van der Waals surface area contributed by atoms with Gasteiger partial charge in [0.1, 0.15) is 0 Å². The smallest absolute Gasteiger partial charge is 0.0841 e. The summed E-state index contributed by atoms with van der Waals surface area (Å²) in [7, 11) is 0. The third-order valence-electron chi connectivity index (χ3n) is 3.82. The van der Waals surface area contributed by atoms with Gasteiger partial charge in [0.05, 0.1) is 5.69 Å². The molecule has 0 atom stereocenters. The van der Waals surface area contributed by atoms with Gasteiger partial charge in [0.25, 0.3) is 0 Å². The quantitative estimate of drug-likeness (QED) is 0.921. The molecule has 4 heteroatoms. The molecule has 3 nitrogen and oxygen atoms in total. The number of aromatic nitrogens is 2. The van der Waals surface area contributed by atoms with Crippen LogP contribution in [0.4, 0.5) is 0 Å². The second kappa shape index (κ2) is 5.10. The maximum Gasteiger partial charge on any atom is 0.0841 e. The van der Waals surface area contributed by atoms with Crippen molar-refractivity contribution in [1.82, 2.24) is 9.78 Å². The topological polar surface area (TPSA) is 43.8 Å². The molecule has 1 aliphatic rings. The van der Waals surface area contributed by atoms with Crippen LogP contribution in [-0.2, 0) is 19.5 Å². The molecule has 2 heterocycles. The molecule has 0 bridgehead atoms. The predicted octanol–water partition coefficient (Wildman–Crippen LogP) is 3.42. The molecule has 0 radical (unpaired) electrons. The summed E-state index contributed by atoms with van der Waals surface area (Å²) in [5.41, 5.74) is 12.0. The Labute approximate surface area is 121 Å². The molecule has 0 amide bonds. The fourth-order valence-corrected chi connectivity index (χ4v) is 3.15. The maximum absolute atomic E-state index is 5.88. The Morgan fingerprint density at radius 2 is 2.21 bits per heavy atom. The van der Waals surface area contributed by atoms with Crippen LogP contribution in [0.1, 0.15) is 29.8 Å². The van der Waals surface area contributed by atoms with E-state index in [4.69, 9.17) is 5.73 Å². The molecule has 19 heavy (non-hydrogen) atoms. The lowest BCUT2D eigenvalue weighted by atomic mass is 9.98. The average Bonchev–Trinajstić information content (AvgIpc) is 2.80. The minimum atomic E-state index is 0.501. The second-order valence-electron chi connectivity index (χ2n) is 5.12. The van der Waals surface area contributed by atoms with Gasteiger partial charge in [0.2, 0.25) is 0 Å². The summed E-state index contributed by atoms with van der Waals surface area (Å²) in [6.07, 6.45) is 3.57. The SMILES string of the molecule is Cc1ccc(-c2c(CN)nn3c2CCCC3)cc1Br. The van der Waals surface area contributed by atoms with E-state index >= 15 is 0 Å². The van der Waals surface area contributed by atoms with Crippen molar-refractivity contribution in [1.29, 1.82) is 0 Å². The lowest BCUT2D eigenvalue weighted by molar-refractivity contribution is 0.484. The first-order chi connectivity index (χ1) is 9.20. The van der Waals surface area contributed by atoms with Crippen LogP contribution in [0.5, 0.6) is 0 Å². The van der Waals surface area contributed by atoms with Crippen molar-refractivity contribution < 1.29 is 0 Å². The van der Waals surface area contributed by atoms with E-state index in [1.54, 1.807) is 0 Å². The van der Waals surface area contributed by atoms with Crippen LogP contribution < -0.4 is 5.73 Å². The Kier molecular flexibility index (Phi) is 3.46. The first kappa shape index (κ1) is 12.9. The zero-order valence-corrected chi connectivity index (χ0v) is 12.7. The highest BCUT2D eigenvalue weighted by atomic mass is 79.9. The number of hydrogen-bond donors (Lipinski definition) is 1. The molecule has 1 aliphatic heterocycles. The molecule has 0 spiro atoms. The van der Waals surface area contributed by atoms with Crippen LogP contribution >= 0.6 is 15.9 Å². The van der Waals surface area contributed by atoms with Crippen molar-refractivity contribution in [3.63, 3.8) is 0 Å². The number of halogens is 1. The van der Waals surface area contributed by atoms with Gasteiger partial charge in [-0.3, -0.25) is 4.68 Å². The van der Waals surface area contributed by atoms with E-state index in [9.17, 15) is 0 Å². The van der Waals surface area contributed by atoms with Crippen molar-refractivity contribution in [2.45, 2.75) is 39.3 Å². The lowest BCUT2D eigenvalue weighted by Gasteiger charge is -2.15. The number of rotatable bonds is 2. The van der Waals surface area contributed by atoms with Crippen molar-refractivity contribution in [2.75, 3.05) is 0 Å². The third-order valence-corrected chi connectivity index (χ3v) is 4.67. The zero-order chi connectivity index (χ0) is 13.4. The summed E-state index contributed by atoms with van der Waals surface area (Å²) in [4.78, 5) is 0. The van der Waals surface area contributed by atoms with Gasteiger partial charge < -0.3 is 5.73 Å². The van der Waals surface area contributed by atoms with Gasteiger partial charge in [-0.05, 0) is 43.4 Å². The minimum absolute atomic E-state index is 0.501. The summed E-state index contributed by atoms with van der Waals surface area (Å²) in [5.74, 6) is 0. The van der Waals surface area contributed by atoms with Crippen molar-refractivity contribution in [3.8, 4) is 11.1 Å². The summed E-state index contributed by atoms with van der Waals surface area (Å²) >= 11 is 3.62. The lowest BCUT2D eigenvalue weighted by Crippen LogP contribution is -2.11. The van der Waals surface area contributed by atoms with Crippen molar-refractivity contribution in [3.05, 3.63) is 39.6 Å². The molecule has 2 aromatic rings. The van der Waals surface area contributed by atoms with E-state index < -0.39 is 0 Å². The Balaban J connectivity index is 2.17.